The Balaban J connectivity index is 2.48. The number of nitrogens with zero attached hydrogens (tertiary/aromatic N) is 1. The Bertz CT molecular complexity index is 629. The van der Waals surface area contributed by atoms with Crippen molar-refractivity contribution < 1.29 is 22.3 Å². The maximum Gasteiger partial charge on any atom is 0.443 e. The summed E-state index contributed by atoms with van der Waals surface area (Å²) in [5.41, 5.74) is 2.33. The van der Waals surface area contributed by atoms with E-state index in [2.05, 4.69) is 10.4 Å². The summed E-state index contributed by atoms with van der Waals surface area (Å²) in [7, 11) is 1.33. The number of methoxy groups -OCH3 is 1. The zero-order valence-corrected chi connectivity index (χ0v) is 11.6. The van der Waals surface area contributed by atoms with E-state index in [1.807, 2.05) is 0 Å². The van der Waals surface area contributed by atoms with E-state index in [1.54, 1.807) is 0 Å². The van der Waals surface area contributed by atoms with Gasteiger partial charge in [-0.15, -0.1) is 11.3 Å². The second-order valence-electron chi connectivity index (χ2n) is 4.02. The predicted molar refractivity (Wildman–Crippen MR) is 69.2 cm³/mol. The van der Waals surface area contributed by atoms with E-state index in [4.69, 9.17) is 10.6 Å². The molecule has 0 saturated heterocycles. The van der Waals surface area contributed by atoms with Crippen LogP contribution >= 0.6 is 11.3 Å². The van der Waals surface area contributed by atoms with Gasteiger partial charge in [-0.25, -0.2) is 14.8 Å². The van der Waals surface area contributed by atoms with Crippen LogP contribution in [0.1, 0.15) is 21.5 Å². The molecule has 0 aliphatic carbocycles. The highest BCUT2D eigenvalue weighted by atomic mass is 32.1. The summed E-state index contributed by atoms with van der Waals surface area (Å²) in [5, 5.41) is -1.02. The number of benzene rings is 1. The molecular weight excluding hydrogens is 310 g/mol. The van der Waals surface area contributed by atoms with Crippen LogP contribution in [-0.2, 0) is 6.18 Å². The fourth-order valence-electron chi connectivity index (χ4n) is 1.83. The van der Waals surface area contributed by atoms with E-state index < -0.39 is 23.0 Å². The summed E-state index contributed by atoms with van der Waals surface area (Å²) < 4.78 is 56.8. The first-order valence-corrected chi connectivity index (χ1v) is 6.51. The molecule has 1 heterocycles. The number of hydrogen-bond donors (Lipinski definition) is 2. The minimum Gasteiger partial charge on any atom is -0.496 e. The van der Waals surface area contributed by atoms with Gasteiger partial charge in [-0.1, -0.05) is 6.07 Å². The van der Waals surface area contributed by atoms with Crippen molar-refractivity contribution >= 4 is 11.3 Å². The summed E-state index contributed by atoms with van der Waals surface area (Å²) in [6.45, 7) is 0. The van der Waals surface area contributed by atoms with Gasteiger partial charge in [0.15, 0.2) is 5.01 Å². The van der Waals surface area contributed by atoms with Crippen LogP contribution in [0, 0.1) is 5.82 Å². The largest absolute Gasteiger partial charge is 0.496 e. The molecule has 0 bridgehead atoms. The molecule has 2 aromatic rings. The SMILES string of the molecule is COc1cccc(F)c1C(NN)c1cnc(C(F)(F)F)s1. The van der Waals surface area contributed by atoms with E-state index in [9.17, 15) is 17.6 Å². The summed E-state index contributed by atoms with van der Waals surface area (Å²) >= 11 is 0.394. The van der Waals surface area contributed by atoms with E-state index in [0.717, 1.165) is 6.20 Å². The Morgan fingerprint density at radius 2 is 2.10 bits per heavy atom. The van der Waals surface area contributed by atoms with Crippen molar-refractivity contribution in [3.05, 3.63) is 45.7 Å². The van der Waals surface area contributed by atoms with Crippen LogP contribution in [0.25, 0.3) is 0 Å². The van der Waals surface area contributed by atoms with Crippen LogP contribution in [0.2, 0.25) is 0 Å². The van der Waals surface area contributed by atoms with Crippen LogP contribution in [-0.4, -0.2) is 12.1 Å². The number of ether oxygens (including phenoxy) is 1. The molecule has 0 aliphatic heterocycles. The number of halogens is 4. The molecule has 1 atom stereocenters. The van der Waals surface area contributed by atoms with Crippen molar-refractivity contribution in [2.45, 2.75) is 12.2 Å². The zero-order chi connectivity index (χ0) is 15.6. The van der Waals surface area contributed by atoms with Crippen molar-refractivity contribution in [3.8, 4) is 5.75 Å². The molecule has 3 N–H and O–H groups in total. The number of aromatic nitrogens is 1. The van der Waals surface area contributed by atoms with Gasteiger partial charge in [-0.3, -0.25) is 5.84 Å². The minimum absolute atomic E-state index is 0.0277. The van der Waals surface area contributed by atoms with E-state index in [0.29, 0.717) is 11.3 Å². The number of alkyl halides is 3. The molecule has 1 aromatic carbocycles. The number of thiazole rings is 1. The second kappa shape index (κ2) is 5.96. The Morgan fingerprint density at radius 1 is 1.38 bits per heavy atom. The lowest BCUT2D eigenvalue weighted by Crippen LogP contribution is -2.29. The molecule has 9 heteroatoms. The van der Waals surface area contributed by atoms with E-state index in [1.165, 1.54) is 25.3 Å². The predicted octanol–water partition coefficient (Wildman–Crippen LogP) is 2.86. The smallest absolute Gasteiger partial charge is 0.443 e. The maximum absolute atomic E-state index is 14.0. The molecule has 0 saturated carbocycles. The Labute approximate surface area is 121 Å². The molecule has 2 rings (SSSR count). The molecule has 0 aliphatic rings. The maximum atomic E-state index is 14.0. The van der Waals surface area contributed by atoms with Gasteiger partial charge < -0.3 is 4.74 Å². The molecule has 114 valence electrons. The molecular formula is C12H11F4N3OS. The van der Waals surface area contributed by atoms with Crippen molar-refractivity contribution in [2.24, 2.45) is 5.84 Å². The van der Waals surface area contributed by atoms with Gasteiger partial charge in [0, 0.05) is 11.1 Å². The van der Waals surface area contributed by atoms with Gasteiger partial charge >= 0.3 is 6.18 Å². The number of nitrogens with one attached hydrogen (secondary N) is 1. The first-order valence-electron chi connectivity index (χ1n) is 5.70. The lowest BCUT2D eigenvalue weighted by Gasteiger charge is -2.18. The van der Waals surface area contributed by atoms with E-state index in [-0.39, 0.29) is 16.2 Å². The van der Waals surface area contributed by atoms with Gasteiger partial charge in [0.05, 0.1) is 18.7 Å². The minimum atomic E-state index is -4.55. The van der Waals surface area contributed by atoms with Gasteiger partial charge in [0.25, 0.3) is 0 Å². The fourth-order valence-corrected chi connectivity index (χ4v) is 2.69. The third-order valence-electron chi connectivity index (χ3n) is 2.74. The van der Waals surface area contributed by atoms with E-state index >= 15 is 0 Å². The molecule has 1 unspecified atom stereocenters. The normalized spacial score (nSPS) is 13.2. The lowest BCUT2D eigenvalue weighted by atomic mass is 10.0. The highest BCUT2D eigenvalue weighted by molar-refractivity contribution is 7.11. The topological polar surface area (TPSA) is 60.2 Å². The van der Waals surface area contributed by atoms with Gasteiger partial charge in [0.1, 0.15) is 11.6 Å². The van der Waals surface area contributed by atoms with Crippen molar-refractivity contribution in [1.29, 1.82) is 0 Å². The molecule has 0 radical (unpaired) electrons. The Hall–Kier alpha value is -1.71. The fraction of sp³-hybridized carbons (Fsp3) is 0.250. The van der Waals surface area contributed by atoms with Crippen LogP contribution < -0.4 is 16.0 Å². The third-order valence-corrected chi connectivity index (χ3v) is 3.85. The molecule has 0 spiro atoms. The van der Waals surface area contributed by atoms with Crippen LogP contribution in [0.4, 0.5) is 17.6 Å². The average Bonchev–Trinajstić information content (AvgIpc) is 2.91. The van der Waals surface area contributed by atoms with Gasteiger partial charge in [-0.2, -0.15) is 13.2 Å². The van der Waals surface area contributed by atoms with Crippen LogP contribution in [0.5, 0.6) is 5.75 Å². The number of hydrogen-bond acceptors (Lipinski definition) is 5. The van der Waals surface area contributed by atoms with Crippen molar-refractivity contribution in [3.63, 3.8) is 0 Å². The Morgan fingerprint density at radius 3 is 2.62 bits per heavy atom. The van der Waals surface area contributed by atoms with Crippen molar-refractivity contribution in [1.82, 2.24) is 10.4 Å². The molecule has 4 nitrogen and oxygen atoms in total. The first-order chi connectivity index (χ1) is 9.88. The van der Waals surface area contributed by atoms with Gasteiger partial charge in [-0.05, 0) is 12.1 Å². The van der Waals surface area contributed by atoms with Crippen molar-refractivity contribution in [2.75, 3.05) is 7.11 Å². The van der Waals surface area contributed by atoms with Crippen LogP contribution in [0.3, 0.4) is 0 Å². The van der Waals surface area contributed by atoms with Gasteiger partial charge in [0.2, 0.25) is 0 Å². The highest BCUT2D eigenvalue weighted by Gasteiger charge is 2.36. The standard InChI is InChI=1S/C12H11F4N3OS/c1-20-7-4-2-3-6(13)9(7)10(19-17)8-5-18-11(21-8)12(14,15)16/h2-5,10,19H,17H2,1H3. The molecule has 0 amide bonds. The zero-order valence-electron chi connectivity index (χ0n) is 10.7. The molecule has 0 fully saturated rings. The van der Waals surface area contributed by atoms with Crippen LogP contribution in [0.15, 0.2) is 24.4 Å². The molecule has 1 aromatic heterocycles. The first kappa shape index (κ1) is 15.7. The second-order valence-corrected chi connectivity index (χ2v) is 5.08. The summed E-state index contributed by atoms with van der Waals surface area (Å²) in [5.74, 6) is 4.91. The quantitative estimate of drug-likeness (QED) is 0.516. The highest BCUT2D eigenvalue weighted by Crippen LogP contribution is 2.38. The average molecular weight is 321 g/mol. The summed E-state index contributed by atoms with van der Waals surface area (Å²) in [6, 6.07) is 3.11. The Kier molecular flexibility index (Phi) is 4.45. The number of rotatable bonds is 4. The number of hydrazine groups is 1. The lowest BCUT2D eigenvalue weighted by molar-refractivity contribution is -0.137. The summed E-state index contributed by atoms with van der Waals surface area (Å²) in [4.78, 5) is 3.43. The number of nitrogens with two attached hydrogens (primary N) is 1. The molecule has 21 heavy (non-hydrogen) atoms. The monoisotopic (exact) mass is 321 g/mol. The summed E-state index contributed by atoms with van der Waals surface area (Å²) in [6.07, 6.45) is -3.54. The third kappa shape index (κ3) is 3.14.